The van der Waals surface area contributed by atoms with Gasteiger partial charge >= 0.3 is 0 Å². The smallest absolute Gasteiger partial charge is 0.264 e. The topological polar surface area (TPSA) is 81.7 Å². The highest BCUT2D eigenvalue weighted by atomic mass is 35.5. The van der Waals surface area contributed by atoms with Gasteiger partial charge in [0, 0.05) is 36.6 Å². The fourth-order valence-electron chi connectivity index (χ4n) is 4.21. The summed E-state index contributed by atoms with van der Waals surface area (Å²) >= 11 is 5.81. The van der Waals surface area contributed by atoms with Crippen molar-refractivity contribution in [1.29, 1.82) is 0 Å². The monoisotopic (exact) mass is 411 g/mol. The van der Waals surface area contributed by atoms with Gasteiger partial charge in [-0.1, -0.05) is 18.5 Å². The predicted octanol–water partition coefficient (Wildman–Crippen LogP) is 1.98. The second kappa shape index (κ2) is 8.76. The summed E-state index contributed by atoms with van der Waals surface area (Å²) in [5, 5.41) is 16.9. The largest absolute Gasteiger partial charge is 0.372 e. The fourth-order valence-corrected chi connectivity index (χ4v) is 4.45. The Hall–Kier alpha value is -1.70. The van der Waals surface area contributed by atoms with Crippen molar-refractivity contribution in [3.8, 4) is 0 Å². The lowest BCUT2D eigenvalue weighted by Crippen LogP contribution is -2.54. The van der Waals surface area contributed by atoms with Gasteiger partial charge in [0.25, 0.3) is 11.8 Å². The predicted molar refractivity (Wildman–Crippen MR) is 104 cm³/mol. The Bertz CT molecular complexity index is 719. The molecule has 1 aliphatic carbocycles. The summed E-state index contributed by atoms with van der Waals surface area (Å²) in [6, 6.07) is 4.48. The van der Waals surface area contributed by atoms with Crippen LogP contribution in [0.25, 0.3) is 0 Å². The fraction of sp³-hybridized carbons (Fsp3) is 0.600. The molecule has 28 heavy (non-hydrogen) atoms. The Morgan fingerprint density at radius 2 is 2.04 bits per heavy atom. The van der Waals surface area contributed by atoms with E-state index in [1.54, 1.807) is 4.90 Å². The maximum absolute atomic E-state index is 13.4. The van der Waals surface area contributed by atoms with Crippen molar-refractivity contribution < 1.29 is 19.1 Å². The number of hydrogen-bond donors (Lipinski definition) is 3. The first kappa shape index (κ1) is 21.0. The molecule has 1 saturated carbocycles. The molecule has 154 valence electrons. The summed E-state index contributed by atoms with van der Waals surface area (Å²) in [5.74, 6) is -1.79. The van der Waals surface area contributed by atoms with Crippen molar-refractivity contribution in [2.45, 2.75) is 63.3 Å². The summed E-state index contributed by atoms with van der Waals surface area (Å²) in [7, 11) is 0. The van der Waals surface area contributed by atoms with Gasteiger partial charge in [0.2, 0.25) is 5.60 Å². The number of likely N-dealkylation sites (tertiary alicyclic amines) is 1. The number of amides is 2. The molecule has 8 heteroatoms. The van der Waals surface area contributed by atoms with Crippen molar-refractivity contribution in [2.75, 3.05) is 13.1 Å². The quantitative estimate of drug-likeness (QED) is 0.625. The highest BCUT2D eigenvalue weighted by Crippen LogP contribution is 2.31. The maximum Gasteiger partial charge on any atom is 0.264 e. The van der Waals surface area contributed by atoms with Crippen molar-refractivity contribution in [1.82, 2.24) is 15.5 Å². The molecule has 1 heterocycles. The van der Waals surface area contributed by atoms with Crippen molar-refractivity contribution in [3.63, 3.8) is 0 Å². The number of hydrogen-bond acceptors (Lipinski definition) is 4. The Kier molecular flexibility index (Phi) is 6.58. The summed E-state index contributed by atoms with van der Waals surface area (Å²) in [5.41, 5.74) is -1.60. The molecule has 1 aliphatic heterocycles. The summed E-state index contributed by atoms with van der Waals surface area (Å²) in [6.45, 7) is 3.35. The molecule has 3 N–H and O–H groups in total. The Morgan fingerprint density at radius 3 is 2.68 bits per heavy atom. The molecule has 0 aromatic heterocycles. The van der Waals surface area contributed by atoms with Gasteiger partial charge in [-0.3, -0.25) is 9.59 Å². The van der Waals surface area contributed by atoms with Crippen LogP contribution in [0.4, 0.5) is 4.39 Å². The summed E-state index contributed by atoms with van der Waals surface area (Å²) in [4.78, 5) is 27.0. The molecule has 2 aliphatic rings. The van der Waals surface area contributed by atoms with E-state index in [2.05, 4.69) is 17.6 Å². The Labute approximate surface area is 169 Å². The van der Waals surface area contributed by atoms with E-state index in [9.17, 15) is 19.1 Å². The van der Waals surface area contributed by atoms with Crippen LogP contribution in [0.15, 0.2) is 18.2 Å². The molecule has 1 atom stereocenters. The van der Waals surface area contributed by atoms with E-state index in [0.29, 0.717) is 18.2 Å². The molecule has 3 rings (SSSR count). The number of nitrogens with one attached hydrogen (secondary N) is 2. The number of carbonyl (C=O) groups is 2. The molecule has 0 radical (unpaired) electrons. The Morgan fingerprint density at radius 1 is 1.32 bits per heavy atom. The van der Waals surface area contributed by atoms with Gasteiger partial charge in [0.1, 0.15) is 5.82 Å². The first-order chi connectivity index (χ1) is 13.3. The summed E-state index contributed by atoms with van der Waals surface area (Å²) in [6.07, 6.45) is 3.75. The van der Waals surface area contributed by atoms with E-state index < -0.39 is 23.2 Å². The van der Waals surface area contributed by atoms with Crippen LogP contribution in [0.5, 0.6) is 0 Å². The van der Waals surface area contributed by atoms with Crippen LogP contribution in [-0.4, -0.2) is 52.6 Å². The molecular weight excluding hydrogens is 385 g/mol. The first-order valence-corrected chi connectivity index (χ1v) is 10.2. The van der Waals surface area contributed by atoms with Gasteiger partial charge in [0.15, 0.2) is 0 Å². The minimum Gasteiger partial charge on any atom is -0.372 e. The van der Waals surface area contributed by atoms with E-state index in [4.69, 9.17) is 11.6 Å². The summed E-state index contributed by atoms with van der Waals surface area (Å²) < 4.78 is 13.4. The molecule has 6 nitrogen and oxygen atoms in total. The van der Waals surface area contributed by atoms with Crippen LogP contribution in [0.1, 0.15) is 44.6 Å². The highest BCUT2D eigenvalue weighted by Gasteiger charge is 2.52. The minimum absolute atomic E-state index is 0.0142. The average molecular weight is 412 g/mol. The second-order valence-electron chi connectivity index (χ2n) is 7.63. The lowest BCUT2D eigenvalue weighted by Gasteiger charge is -2.35. The van der Waals surface area contributed by atoms with Crippen molar-refractivity contribution in [2.24, 2.45) is 0 Å². The van der Waals surface area contributed by atoms with E-state index in [1.807, 2.05) is 0 Å². The number of halogens is 2. The van der Waals surface area contributed by atoms with Gasteiger partial charge in [-0.2, -0.15) is 0 Å². The van der Waals surface area contributed by atoms with Gasteiger partial charge in [0.05, 0.1) is 0 Å². The zero-order valence-corrected chi connectivity index (χ0v) is 16.8. The molecular formula is C20H27ClFN3O3. The van der Waals surface area contributed by atoms with Crippen LogP contribution in [0.2, 0.25) is 5.02 Å². The minimum atomic E-state index is -2.06. The van der Waals surface area contributed by atoms with E-state index in [1.165, 1.54) is 18.2 Å². The SMILES string of the molecule is CCN[C@H]1CC[C@H](N2CCC(O)(C(=O)NCc3cc(F)cc(Cl)c3)C2=O)CC1. The average Bonchev–Trinajstić information content (AvgIpc) is 2.96. The van der Waals surface area contributed by atoms with Gasteiger partial charge < -0.3 is 20.6 Å². The zero-order valence-electron chi connectivity index (χ0n) is 16.0. The van der Waals surface area contributed by atoms with Gasteiger partial charge in [-0.25, -0.2) is 4.39 Å². The highest BCUT2D eigenvalue weighted by molar-refractivity contribution is 6.30. The number of benzene rings is 1. The molecule has 2 amide bonds. The molecule has 1 aromatic carbocycles. The molecule has 1 aromatic rings. The van der Waals surface area contributed by atoms with Crippen LogP contribution in [0, 0.1) is 5.82 Å². The second-order valence-corrected chi connectivity index (χ2v) is 8.07. The van der Waals surface area contributed by atoms with Crippen LogP contribution >= 0.6 is 11.6 Å². The molecule has 0 spiro atoms. The van der Waals surface area contributed by atoms with E-state index in [0.717, 1.165) is 32.2 Å². The normalized spacial score (nSPS) is 27.9. The third-order valence-electron chi connectivity index (χ3n) is 5.71. The van der Waals surface area contributed by atoms with Crippen molar-refractivity contribution in [3.05, 3.63) is 34.6 Å². The molecule has 1 saturated heterocycles. The standard InChI is InChI=1S/C20H27ClFN3O3/c1-2-23-16-3-5-17(6-4-16)25-8-7-20(28,19(25)27)18(26)24-12-13-9-14(21)11-15(22)10-13/h9-11,16-17,23,28H,2-8,12H2,1H3,(H,24,26)/t16-,17-,20?. The zero-order chi connectivity index (χ0) is 20.3. The lowest BCUT2D eigenvalue weighted by atomic mass is 9.90. The first-order valence-electron chi connectivity index (χ1n) is 9.83. The number of carbonyl (C=O) groups excluding carboxylic acids is 2. The van der Waals surface area contributed by atoms with Gasteiger partial charge in [-0.15, -0.1) is 0 Å². The number of rotatable bonds is 6. The van der Waals surface area contributed by atoms with Gasteiger partial charge in [-0.05, 0) is 56.0 Å². The van der Waals surface area contributed by atoms with Crippen LogP contribution < -0.4 is 10.6 Å². The van der Waals surface area contributed by atoms with Crippen LogP contribution in [-0.2, 0) is 16.1 Å². The van der Waals surface area contributed by atoms with Crippen molar-refractivity contribution >= 4 is 23.4 Å². The van der Waals surface area contributed by atoms with E-state index >= 15 is 0 Å². The third-order valence-corrected chi connectivity index (χ3v) is 5.93. The molecule has 0 bridgehead atoms. The number of aliphatic hydroxyl groups is 1. The maximum atomic E-state index is 13.4. The van der Waals surface area contributed by atoms with E-state index in [-0.39, 0.29) is 24.0 Å². The lowest BCUT2D eigenvalue weighted by molar-refractivity contribution is -0.155. The molecule has 1 unspecified atom stereocenters. The van der Waals surface area contributed by atoms with Crippen LogP contribution in [0.3, 0.4) is 0 Å². The molecule has 2 fully saturated rings. The Balaban J connectivity index is 1.58. The number of nitrogens with zero attached hydrogens (tertiary/aromatic N) is 1. The third kappa shape index (κ3) is 4.47.